The summed E-state index contributed by atoms with van der Waals surface area (Å²) >= 11 is 0. The molecule has 0 radical (unpaired) electrons. The number of nitrogens with zero attached hydrogens (tertiary/aromatic N) is 2. The highest BCUT2D eigenvalue weighted by atomic mass is 16.2. The fraction of sp³-hybridized carbons (Fsp3) is 0.318. The van der Waals surface area contributed by atoms with Crippen LogP contribution < -0.4 is 15.6 Å². The lowest BCUT2D eigenvalue weighted by molar-refractivity contribution is -0.119. The molecule has 2 aromatic rings. The second-order valence-corrected chi connectivity index (χ2v) is 7.31. The molecule has 28 heavy (non-hydrogen) atoms. The van der Waals surface area contributed by atoms with E-state index in [1.807, 2.05) is 37.3 Å². The van der Waals surface area contributed by atoms with Gasteiger partial charge in [0.2, 0.25) is 5.91 Å². The van der Waals surface area contributed by atoms with Crippen LogP contribution in [0.2, 0.25) is 0 Å². The molecule has 0 atom stereocenters. The largest absolute Gasteiger partial charge is 0.362 e. The number of rotatable bonds is 4. The number of fused-ring (bicyclic) bond motifs is 2. The molecule has 0 unspecified atom stereocenters. The van der Waals surface area contributed by atoms with Gasteiger partial charge in [-0.15, -0.1) is 0 Å². The number of carbonyl (C=O) groups is 2. The first-order valence-electron chi connectivity index (χ1n) is 9.69. The van der Waals surface area contributed by atoms with E-state index in [9.17, 15) is 9.59 Å². The number of carbonyl (C=O) groups excluding carboxylic acids is 2. The van der Waals surface area contributed by atoms with Crippen LogP contribution in [-0.2, 0) is 22.4 Å². The zero-order chi connectivity index (χ0) is 19.5. The zero-order valence-electron chi connectivity index (χ0n) is 16.0. The highest BCUT2D eigenvalue weighted by Gasteiger charge is 2.19. The average molecular weight is 376 g/mol. The minimum absolute atomic E-state index is 0.0530. The molecule has 0 fully saturated rings. The van der Waals surface area contributed by atoms with E-state index in [1.165, 1.54) is 5.56 Å². The number of aryl methyl sites for hydroxylation is 2. The third-order valence-electron chi connectivity index (χ3n) is 5.31. The van der Waals surface area contributed by atoms with Crippen LogP contribution >= 0.6 is 0 Å². The SMILES string of the molecule is C/C(=N\NC(=O)CN1CCCc2ccccc21)c1ccc2c(c1)CCC(=O)N2. The first-order valence-corrected chi connectivity index (χ1v) is 9.69. The summed E-state index contributed by atoms with van der Waals surface area (Å²) in [5.41, 5.74) is 8.77. The maximum atomic E-state index is 12.4. The topological polar surface area (TPSA) is 73.8 Å². The van der Waals surface area contributed by atoms with Gasteiger partial charge in [-0.1, -0.05) is 24.3 Å². The summed E-state index contributed by atoms with van der Waals surface area (Å²) in [6, 6.07) is 14.1. The normalized spacial score (nSPS) is 16.1. The number of anilines is 2. The van der Waals surface area contributed by atoms with Crippen molar-refractivity contribution in [1.82, 2.24) is 5.43 Å². The van der Waals surface area contributed by atoms with Crippen LogP contribution in [0.5, 0.6) is 0 Å². The summed E-state index contributed by atoms with van der Waals surface area (Å²) in [6.45, 7) is 3.05. The molecule has 2 aliphatic rings. The van der Waals surface area contributed by atoms with E-state index in [4.69, 9.17) is 0 Å². The van der Waals surface area contributed by atoms with Crippen molar-refractivity contribution in [3.05, 3.63) is 59.2 Å². The van der Waals surface area contributed by atoms with Crippen LogP contribution in [0.4, 0.5) is 11.4 Å². The molecule has 4 rings (SSSR count). The third kappa shape index (κ3) is 3.91. The summed E-state index contributed by atoms with van der Waals surface area (Å²) < 4.78 is 0. The Bertz CT molecular complexity index is 951. The number of hydrogen-bond donors (Lipinski definition) is 2. The van der Waals surface area contributed by atoms with Crippen molar-refractivity contribution in [2.24, 2.45) is 5.10 Å². The molecule has 2 amide bonds. The van der Waals surface area contributed by atoms with Gasteiger partial charge in [0.15, 0.2) is 0 Å². The minimum atomic E-state index is -0.124. The number of benzene rings is 2. The van der Waals surface area contributed by atoms with Crippen molar-refractivity contribution in [2.75, 3.05) is 23.3 Å². The number of nitrogens with one attached hydrogen (secondary N) is 2. The molecule has 0 saturated heterocycles. The molecule has 144 valence electrons. The third-order valence-corrected chi connectivity index (χ3v) is 5.31. The van der Waals surface area contributed by atoms with E-state index in [1.54, 1.807) is 0 Å². The van der Waals surface area contributed by atoms with Gasteiger partial charge in [-0.25, -0.2) is 5.43 Å². The summed E-state index contributed by atoms with van der Waals surface area (Å²) in [6.07, 6.45) is 3.34. The maximum absolute atomic E-state index is 12.4. The molecule has 6 nitrogen and oxygen atoms in total. The fourth-order valence-electron chi connectivity index (χ4n) is 3.80. The summed E-state index contributed by atoms with van der Waals surface area (Å²) in [5.74, 6) is -0.0709. The van der Waals surface area contributed by atoms with Crippen molar-refractivity contribution in [3.63, 3.8) is 0 Å². The summed E-state index contributed by atoms with van der Waals surface area (Å²) in [7, 11) is 0. The van der Waals surface area contributed by atoms with E-state index in [-0.39, 0.29) is 11.8 Å². The molecule has 0 saturated carbocycles. The predicted octanol–water partition coefficient (Wildman–Crippen LogP) is 2.86. The van der Waals surface area contributed by atoms with Crippen molar-refractivity contribution in [3.8, 4) is 0 Å². The molecule has 2 N–H and O–H groups in total. The number of amides is 2. The van der Waals surface area contributed by atoms with Gasteiger partial charge >= 0.3 is 0 Å². The smallest absolute Gasteiger partial charge is 0.259 e. The second kappa shape index (κ2) is 7.84. The molecule has 6 heteroatoms. The van der Waals surface area contributed by atoms with Gasteiger partial charge in [-0.2, -0.15) is 5.10 Å². The Hall–Kier alpha value is -3.15. The average Bonchev–Trinajstić information content (AvgIpc) is 2.72. The lowest BCUT2D eigenvalue weighted by Crippen LogP contribution is -2.38. The van der Waals surface area contributed by atoms with E-state index < -0.39 is 0 Å². The van der Waals surface area contributed by atoms with Crippen LogP contribution in [-0.4, -0.2) is 30.6 Å². The van der Waals surface area contributed by atoms with Gasteiger partial charge in [0.05, 0.1) is 12.3 Å². The lowest BCUT2D eigenvalue weighted by atomic mass is 9.99. The Morgan fingerprint density at radius 2 is 2.00 bits per heavy atom. The number of hydrazone groups is 1. The fourth-order valence-corrected chi connectivity index (χ4v) is 3.80. The summed E-state index contributed by atoms with van der Waals surface area (Å²) in [4.78, 5) is 26.0. The van der Waals surface area contributed by atoms with E-state index >= 15 is 0 Å². The second-order valence-electron chi connectivity index (χ2n) is 7.31. The van der Waals surface area contributed by atoms with Crippen LogP contribution in [0, 0.1) is 0 Å². The van der Waals surface area contributed by atoms with Gasteiger partial charge in [-0.3, -0.25) is 9.59 Å². The van der Waals surface area contributed by atoms with Gasteiger partial charge in [0.1, 0.15) is 0 Å². The van der Waals surface area contributed by atoms with E-state index in [2.05, 4.69) is 32.9 Å². The molecule has 2 aromatic carbocycles. The van der Waals surface area contributed by atoms with Crippen molar-refractivity contribution < 1.29 is 9.59 Å². The van der Waals surface area contributed by atoms with Crippen LogP contribution in [0.3, 0.4) is 0 Å². The Balaban J connectivity index is 1.40. The summed E-state index contributed by atoms with van der Waals surface area (Å²) in [5, 5.41) is 7.16. The molecule has 0 spiro atoms. The van der Waals surface area contributed by atoms with Gasteiger partial charge < -0.3 is 10.2 Å². The highest BCUT2D eigenvalue weighted by Crippen LogP contribution is 2.26. The lowest BCUT2D eigenvalue weighted by Gasteiger charge is -2.30. The molecule has 0 aromatic heterocycles. The van der Waals surface area contributed by atoms with Crippen molar-refractivity contribution in [2.45, 2.75) is 32.6 Å². The molecular formula is C22H24N4O2. The van der Waals surface area contributed by atoms with Crippen molar-refractivity contribution >= 4 is 28.9 Å². The zero-order valence-corrected chi connectivity index (χ0v) is 16.0. The van der Waals surface area contributed by atoms with E-state index in [0.29, 0.717) is 13.0 Å². The van der Waals surface area contributed by atoms with Gasteiger partial charge in [-0.05, 0) is 61.1 Å². The quantitative estimate of drug-likeness (QED) is 0.637. The maximum Gasteiger partial charge on any atom is 0.259 e. The van der Waals surface area contributed by atoms with Crippen LogP contribution in [0.1, 0.15) is 36.5 Å². The van der Waals surface area contributed by atoms with Crippen LogP contribution in [0.25, 0.3) is 0 Å². The first-order chi connectivity index (χ1) is 13.6. The first kappa shape index (κ1) is 18.2. The molecule has 2 heterocycles. The molecule has 2 aliphatic heterocycles. The molecular weight excluding hydrogens is 352 g/mol. The molecule has 0 aliphatic carbocycles. The number of hydrogen-bond acceptors (Lipinski definition) is 4. The molecule has 0 bridgehead atoms. The van der Waals surface area contributed by atoms with E-state index in [0.717, 1.165) is 54.0 Å². The minimum Gasteiger partial charge on any atom is -0.362 e. The Morgan fingerprint density at radius 3 is 2.89 bits per heavy atom. The highest BCUT2D eigenvalue weighted by molar-refractivity contribution is 6.01. The van der Waals surface area contributed by atoms with Gasteiger partial charge in [0, 0.05) is 24.3 Å². The van der Waals surface area contributed by atoms with Crippen molar-refractivity contribution in [1.29, 1.82) is 0 Å². The number of para-hydroxylation sites is 1. The Morgan fingerprint density at radius 1 is 1.14 bits per heavy atom. The standard InChI is InChI=1S/C22H24N4O2/c1-15(17-8-10-19-18(13-17)9-11-21(27)23-19)24-25-22(28)14-26-12-4-6-16-5-2-3-7-20(16)26/h2-3,5,7-8,10,13H,4,6,9,11-12,14H2,1H3,(H,23,27)(H,25,28)/b24-15+. The Labute approximate surface area is 164 Å². The predicted molar refractivity (Wildman–Crippen MR) is 111 cm³/mol. The monoisotopic (exact) mass is 376 g/mol. The van der Waals surface area contributed by atoms with Gasteiger partial charge in [0.25, 0.3) is 5.91 Å². The Kier molecular flexibility index (Phi) is 5.10. The van der Waals surface area contributed by atoms with Crippen LogP contribution in [0.15, 0.2) is 47.6 Å².